The number of halogens is 3. The summed E-state index contributed by atoms with van der Waals surface area (Å²) in [5, 5.41) is 9.17. The van der Waals surface area contributed by atoms with Crippen molar-refractivity contribution in [2.24, 2.45) is 0 Å². The number of piperidine rings is 1. The molecule has 0 saturated carbocycles. The Morgan fingerprint density at radius 3 is 2.12 bits per heavy atom. The van der Waals surface area contributed by atoms with Crippen LogP contribution < -0.4 is 20.7 Å². The van der Waals surface area contributed by atoms with Gasteiger partial charge in [-0.15, -0.1) is 13.2 Å². The van der Waals surface area contributed by atoms with E-state index in [1.54, 1.807) is 0 Å². The molecule has 1 aromatic rings. The summed E-state index contributed by atoms with van der Waals surface area (Å²) in [6, 6.07) is 5.73. The highest BCUT2D eigenvalue weighted by Crippen LogP contribution is 2.24. The lowest BCUT2D eigenvalue weighted by atomic mass is 9.80. The first-order chi connectivity index (χ1) is 11.3. The number of hydrogen-bond acceptors (Lipinski definition) is 2. The van der Waals surface area contributed by atoms with Gasteiger partial charge in [-0.1, -0.05) is 0 Å². The number of alkyl halides is 3. The third kappa shape index (κ3) is 6.70. The topological polar surface area (TPSA) is 49.9 Å². The molecule has 1 aliphatic heterocycles. The van der Waals surface area contributed by atoms with E-state index in [0.29, 0.717) is 10.8 Å². The number of thiocarbonyl (C=S) groups is 1. The summed E-state index contributed by atoms with van der Waals surface area (Å²) in [7, 11) is 0. The lowest BCUT2D eigenvalue weighted by Crippen LogP contribution is -3.06. The molecule has 0 aliphatic carbocycles. The van der Waals surface area contributed by atoms with Crippen molar-refractivity contribution in [3.63, 3.8) is 0 Å². The number of nitrogens with two attached hydrogens (primary N) is 1. The van der Waals surface area contributed by atoms with Crippen LogP contribution in [0.3, 0.4) is 0 Å². The van der Waals surface area contributed by atoms with E-state index in [0.717, 1.165) is 12.8 Å². The van der Waals surface area contributed by atoms with Gasteiger partial charge in [0.05, 0.1) is 11.1 Å². The Kier molecular flexibility index (Phi) is 5.53. The summed E-state index contributed by atoms with van der Waals surface area (Å²) >= 11 is 5.34. The molecule has 1 saturated heterocycles. The quantitative estimate of drug-likeness (QED) is 0.710. The van der Waals surface area contributed by atoms with Crippen LogP contribution in [0.4, 0.5) is 18.9 Å². The van der Waals surface area contributed by atoms with Gasteiger partial charge in [0, 0.05) is 24.6 Å². The van der Waals surface area contributed by atoms with Gasteiger partial charge in [0.2, 0.25) is 0 Å². The van der Waals surface area contributed by atoms with E-state index in [2.05, 4.69) is 48.4 Å². The smallest absolute Gasteiger partial charge is 0.406 e. The highest BCUT2D eigenvalue weighted by Gasteiger charge is 2.41. The number of benzene rings is 1. The van der Waals surface area contributed by atoms with E-state index in [9.17, 15) is 13.2 Å². The maximum Gasteiger partial charge on any atom is 0.573 e. The Morgan fingerprint density at radius 2 is 1.64 bits per heavy atom. The van der Waals surface area contributed by atoms with Gasteiger partial charge >= 0.3 is 6.36 Å². The minimum Gasteiger partial charge on any atom is -0.406 e. The van der Waals surface area contributed by atoms with Crippen LogP contribution in [0.2, 0.25) is 0 Å². The van der Waals surface area contributed by atoms with E-state index < -0.39 is 6.36 Å². The summed E-state index contributed by atoms with van der Waals surface area (Å²) in [5.41, 5.74) is 0.838. The van der Waals surface area contributed by atoms with Crippen molar-refractivity contribution >= 4 is 23.0 Å². The van der Waals surface area contributed by atoms with Gasteiger partial charge in [-0.25, -0.2) is 0 Å². The predicted octanol–water partition coefficient (Wildman–Crippen LogP) is 3.15. The first-order valence-electron chi connectivity index (χ1n) is 8.14. The van der Waals surface area contributed by atoms with Gasteiger partial charge in [-0.3, -0.25) is 0 Å². The fourth-order valence-electron chi connectivity index (χ4n) is 3.71. The van der Waals surface area contributed by atoms with Crippen molar-refractivity contribution in [1.82, 2.24) is 5.32 Å². The van der Waals surface area contributed by atoms with Gasteiger partial charge in [-0.2, -0.15) is 0 Å². The Hall–Kier alpha value is -1.54. The average molecular weight is 376 g/mol. The van der Waals surface area contributed by atoms with Crippen LogP contribution in [-0.4, -0.2) is 28.6 Å². The van der Waals surface area contributed by atoms with E-state index in [1.165, 1.54) is 24.3 Å². The minimum absolute atomic E-state index is 0.117. The Balaban J connectivity index is 1.92. The molecule has 8 heteroatoms. The van der Waals surface area contributed by atoms with Crippen LogP contribution in [0.5, 0.6) is 5.75 Å². The van der Waals surface area contributed by atoms with E-state index in [-0.39, 0.29) is 22.9 Å². The molecule has 0 amide bonds. The zero-order valence-electron chi connectivity index (χ0n) is 14.8. The number of hydrogen-bond donors (Lipinski definition) is 3. The summed E-state index contributed by atoms with van der Waals surface area (Å²) in [4.78, 5) is 0. The summed E-state index contributed by atoms with van der Waals surface area (Å²) in [6.07, 6.45) is -2.75. The van der Waals surface area contributed by atoms with Crippen molar-refractivity contribution < 1.29 is 23.2 Å². The average Bonchev–Trinajstić information content (AvgIpc) is 2.35. The number of quaternary nitrogens is 1. The molecule has 4 nitrogen and oxygen atoms in total. The second-order valence-corrected chi connectivity index (χ2v) is 8.31. The van der Waals surface area contributed by atoms with Crippen LogP contribution in [0.15, 0.2) is 24.3 Å². The molecule has 1 aromatic carbocycles. The first kappa shape index (κ1) is 19.8. The molecule has 0 radical (unpaired) electrons. The van der Waals surface area contributed by atoms with Crippen LogP contribution in [-0.2, 0) is 0 Å². The van der Waals surface area contributed by atoms with E-state index >= 15 is 0 Å². The van der Waals surface area contributed by atoms with Gasteiger partial charge in [-0.05, 0) is 64.2 Å². The van der Waals surface area contributed by atoms with Crippen LogP contribution in [0, 0.1) is 0 Å². The minimum atomic E-state index is -4.69. The summed E-state index contributed by atoms with van der Waals surface area (Å²) in [5.74, 6) is -0.261. The lowest BCUT2D eigenvalue weighted by Gasteiger charge is -2.43. The number of rotatable bonds is 3. The van der Waals surface area contributed by atoms with Crippen molar-refractivity contribution in [3.05, 3.63) is 24.3 Å². The second-order valence-electron chi connectivity index (χ2n) is 7.90. The molecular formula is C17H25F3N3OS+. The molecule has 2 rings (SSSR count). The van der Waals surface area contributed by atoms with Crippen molar-refractivity contribution in [2.75, 3.05) is 5.32 Å². The lowest BCUT2D eigenvalue weighted by molar-refractivity contribution is -0.787. The maximum atomic E-state index is 12.2. The van der Waals surface area contributed by atoms with Crippen molar-refractivity contribution in [3.8, 4) is 5.75 Å². The Bertz CT molecular complexity index is 599. The van der Waals surface area contributed by atoms with Crippen LogP contribution in [0.25, 0.3) is 0 Å². The van der Waals surface area contributed by atoms with Crippen LogP contribution in [0.1, 0.15) is 40.5 Å². The number of anilines is 1. The van der Waals surface area contributed by atoms with E-state index in [1.807, 2.05) is 0 Å². The Labute approximate surface area is 151 Å². The fraction of sp³-hybridized carbons (Fsp3) is 0.588. The number of ether oxygens (including phenoxy) is 1. The van der Waals surface area contributed by atoms with Gasteiger partial charge in [0.1, 0.15) is 5.75 Å². The molecule has 4 N–H and O–H groups in total. The molecule has 1 heterocycles. The van der Waals surface area contributed by atoms with Gasteiger partial charge in [0.25, 0.3) is 0 Å². The van der Waals surface area contributed by atoms with Gasteiger partial charge < -0.3 is 20.7 Å². The highest BCUT2D eigenvalue weighted by atomic mass is 32.1. The molecule has 0 unspecified atom stereocenters. The zero-order chi connectivity index (χ0) is 18.9. The van der Waals surface area contributed by atoms with Crippen LogP contribution >= 0.6 is 12.2 Å². The highest BCUT2D eigenvalue weighted by molar-refractivity contribution is 7.80. The molecule has 0 atom stereocenters. The van der Waals surface area contributed by atoms with Crippen molar-refractivity contribution in [1.29, 1.82) is 0 Å². The molecule has 0 aromatic heterocycles. The molecule has 1 fully saturated rings. The zero-order valence-corrected chi connectivity index (χ0v) is 15.6. The monoisotopic (exact) mass is 376 g/mol. The fourth-order valence-corrected chi connectivity index (χ4v) is 4.00. The first-order valence-corrected chi connectivity index (χ1v) is 8.55. The number of nitrogens with one attached hydrogen (secondary N) is 2. The second kappa shape index (κ2) is 6.99. The summed E-state index contributed by atoms with van der Waals surface area (Å²) in [6.45, 7) is 8.83. The third-order valence-corrected chi connectivity index (χ3v) is 4.23. The third-order valence-electron chi connectivity index (χ3n) is 4.01. The summed E-state index contributed by atoms with van der Waals surface area (Å²) < 4.78 is 40.3. The SMILES string of the molecule is CC1(C)CC(NC(=S)Nc2ccc(OC(F)(F)F)cc2)CC(C)(C)[NH2+]1. The molecule has 1 aliphatic rings. The Morgan fingerprint density at radius 1 is 1.12 bits per heavy atom. The van der Waals surface area contributed by atoms with E-state index in [4.69, 9.17) is 12.2 Å². The standard InChI is InChI=1S/C17H24F3N3OS/c1-15(2)9-12(10-16(3,4)23-15)22-14(25)21-11-5-7-13(8-6-11)24-17(18,19)20/h5-8,12,23H,9-10H2,1-4H3,(H2,21,22,25)/p+1. The van der Waals surface area contributed by atoms with Crippen molar-refractivity contribution in [2.45, 2.75) is 64.0 Å². The molecule has 140 valence electrons. The molecule has 0 bridgehead atoms. The molecule has 0 spiro atoms. The largest absolute Gasteiger partial charge is 0.573 e. The normalized spacial score (nSPS) is 20.0. The van der Waals surface area contributed by atoms with Gasteiger partial charge in [0.15, 0.2) is 5.11 Å². The predicted molar refractivity (Wildman–Crippen MR) is 95.6 cm³/mol. The molecule has 25 heavy (non-hydrogen) atoms. The molecular weight excluding hydrogens is 351 g/mol. The maximum absolute atomic E-state index is 12.2.